The predicted molar refractivity (Wildman–Crippen MR) is 63.1 cm³/mol. The second kappa shape index (κ2) is 4.96. The minimum atomic E-state index is -0.613. The Kier molecular flexibility index (Phi) is 3.37. The molecule has 0 fully saturated rings. The van der Waals surface area contributed by atoms with Crippen molar-refractivity contribution in [2.45, 2.75) is 0 Å². The van der Waals surface area contributed by atoms with Crippen molar-refractivity contribution in [3.05, 3.63) is 59.7 Å². The summed E-state index contributed by atoms with van der Waals surface area (Å²) in [6, 6.07) is 9.47. The Bertz CT molecular complexity index is 577. The number of esters is 1. The maximum atomic E-state index is 13.4. The summed E-state index contributed by atoms with van der Waals surface area (Å²) in [6.45, 7) is 0. The first kappa shape index (κ1) is 12.2. The fraction of sp³-hybridized carbons (Fsp3) is 0.0714. The molecule has 0 saturated heterocycles. The smallest absolute Gasteiger partial charge is 0.337 e. The SMILES string of the molecule is COC(=O)c1cc(F)cc(-c2ccc(F)cc2)c1. The maximum absolute atomic E-state index is 13.4. The molecule has 0 radical (unpaired) electrons. The van der Waals surface area contributed by atoms with Crippen LogP contribution in [0.15, 0.2) is 42.5 Å². The minimum Gasteiger partial charge on any atom is -0.465 e. The zero-order valence-electron chi connectivity index (χ0n) is 9.61. The van der Waals surface area contributed by atoms with Gasteiger partial charge in [-0.3, -0.25) is 0 Å². The number of ether oxygens (including phenoxy) is 1. The molecule has 0 amide bonds. The lowest BCUT2D eigenvalue weighted by Gasteiger charge is -2.05. The molecule has 2 aromatic rings. The van der Waals surface area contributed by atoms with Gasteiger partial charge in [-0.15, -0.1) is 0 Å². The van der Waals surface area contributed by atoms with E-state index in [0.29, 0.717) is 11.1 Å². The molecule has 0 heterocycles. The fourth-order valence-electron chi connectivity index (χ4n) is 1.63. The molecule has 18 heavy (non-hydrogen) atoms. The van der Waals surface area contributed by atoms with E-state index in [1.165, 1.54) is 43.5 Å². The first-order valence-electron chi connectivity index (χ1n) is 5.25. The molecule has 2 aromatic carbocycles. The summed E-state index contributed by atoms with van der Waals surface area (Å²) in [6.07, 6.45) is 0. The Balaban J connectivity index is 2.48. The second-order valence-corrected chi connectivity index (χ2v) is 3.73. The first-order chi connectivity index (χ1) is 8.60. The highest BCUT2D eigenvalue weighted by atomic mass is 19.1. The third-order valence-corrected chi connectivity index (χ3v) is 2.50. The lowest BCUT2D eigenvalue weighted by molar-refractivity contribution is 0.0600. The number of rotatable bonds is 2. The van der Waals surface area contributed by atoms with Crippen LogP contribution in [0.2, 0.25) is 0 Å². The summed E-state index contributed by atoms with van der Waals surface area (Å²) in [5.74, 6) is -1.53. The van der Waals surface area contributed by atoms with Crippen molar-refractivity contribution in [1.29, 1.82) is 0 Å². The van der Waals surface area contributed by atoms with Crippen LogP contribution in [0.3, 0.4) is 0 Å². The number of hydrogen-bond acceptors (Lipinski definition) is 2. The van der Waals surface area contributed by atoms with Gasteiger partial charge in [0, 0.05) is 0 Å². The third-order valence-electron chi connectivity index (χ3n) is 2.50. The van der Waals surface area contributed by atoms with Crippen LogP contribution in [0.4, 0.5) is 8.78 Å². The van der Waals surface area contributed by atoms with Crippen LogP contribution >= 0.6 is 0 Å². The number of hydrogen-bond donors (Lipinski definition) is 0. The number of carbonyl (C=O) groups excluding carboxylic acids is 1. The van der Waals surface area contributed by atoms with Crippen LogP contribution < -0.4 is 0 Å². The Labute approximate surface area is 103 Å². The second-order valence-electron chi connectivity index (χ2n) is 3.73. The van der Waals surface area contributed by atoms with Gasteiger partial charge in [0.25, 0.3) is 0 Å². The minimum absolute atomic E-state index is 0.122. The molecule has 0 atom stereocenters. The van der Waals surface area contributed by atoms with Gasteiger partial charge in [0.2, 0.25) is 0 Å². The predicted octanol–water partition coefficient (Wildman–Crippen LogP) is 3.42. The molecule has 4 heteroatoms. The van der Waals surface area contributed by atoms with Crippen LogP contribution in [0, 0.1) is 11.6 Å². The van der Waals surface area contributed by atoms with Gasteiger partial charge >= 0.3 is 5.97 Å². The molecular weight excluding hydrogens is 238 g/mol. The van der Waals surface area contributed by atoms with Crippen molar-refractivity contribution in [1.82, 2.24) is 0 Å². The molecular formula is C14H10F2O2. The molecule has 0 aliphatic rings. The van der Waals surface area contributed by atoms with Crippen LogP contribution in [-0.2, 0) is 4.74 Å². The molecule has 0 aromatic heterocycles. The molecule has 0 N–H and O–H groups in total. The number of halogens is 2. The highest BCUT2D eigenvalue weighted by Crippen LogP contribution is 2.22. The molecule has 0 saturated carbocycles. The van der Waals surface area contributed by atoms with E-state index in [4.69, 9.17) is 0 Å². The average molecular weight is 248 g/mol. The number of carbonyl (C=O) groups is 1. The van der Waals surface area contributed by atoms with Crippen molar-refractivity contribution >= 4 is 5.97 Å². The first-order valence-corrected chi connectivity index (χ1v) is 5.25. The summed E-state index contributed by atoms with van der Waals surface area (Å²) in [5, 5.41) is 0. The summed E-state index contributed by atoms with van der Waals surface area (Å²) in [7, 11) is 1.23. The van der Waals surface area contributed by atoms with Gasteiger partial charge in [0.05, 0.1) is 12.7 Å². The normalized spacial score (nSPS) is 10.2. The van der Waals surface area contributed by atoms with Gasteiger partial charge in [-0.1, -0.05) is 12.1 Å². The summed E-state index contributed by atoms with van der Waals surface area (Å²) < 4.78 is 30.7. The largest absolute Gasteiger partial charge is 0.465 e. The van der Waals surface area contributed by atoms with E-state index in [9.17, 15) is 13.6 Å². The molecule has 0 bridgehead atoms. The van der Waals surface area contributed by atoms with E-state index in [1.807, 2.05) is 0 Å². The zero-order valence-corrected chi connectivity index (χ0v) is 9.61. The van der Waals surface area contributed by atoms with Gasteiger partial charge < -0.3 is 4.74 Å². The van der Waals surface area contributed by atoms with Crippen LogP contribution in [-0.4, -0.2) is 13.1 Å². The van der Waals surface area contributed by atoms with Gasteiger partial charge in [0.15, 0.2) is 0 Å². The van der Waals surface area contributed by atoms with Gasteiger partial charge in [0.1, 0.15) is 11.6 Å². The van der Waals surface area contributed by atoms with E-state index in [0.717, 1.165) is 6.07 Å². The standard InChI is InChI=1S/C14H10F2O2/c1-18-14(17)11-6-10(7-13(16)8-11)9-2-4-12(15)5-3-9/h2-8H,1H3. The molecule has 0 aliphatic carbocycles. The monoisotopic (exact) mass is 248 g/mol. The lowest BCUT2D eigenvalue weighted by atomic mass is 10.0. The maximum Gasteiger partial charge on any atom is 0.337 e. The lowest BCUT2D eigenvalue weighted by Crippen LogP contribution is -2.02. The van der Waals surface area contributed by atoms with Gasteiger partial charge in [-0.2, -0.15) is 0 Å². The zero-order chi connectivity index (χ0) is 13.1. The quantitative estimate of drug-likeness (QED) is 0.761. The summed E-state index contributed by atoms with van der Waals surface area (Å²) >= 11 is 0. The van der Waals surface area contributed by atoms with E-state index >= 15 is 0 Å². The Morgan fingerprint density at radius 1 is 0.944 bits per heavy atom. The highest BCUT2D eigenvalue weighted by Gasteiger charge is 2.10. The van der Waals surface area contributed by atoms with Gasteiger partial charge in [-0.05, 0) is 41.5 Å². The molecule has 0 aliphatic heterocycles. The third kappa shape index (κ3) is 2.53. The molecule has 2 rings (SSSR count). The Morgan fingerprint density at radius 2 is 1.61 bits per heavy atom. The van der Waals surface area contributed by atoms with Crippen molar-refractivity contribution < 1.29 is 18.3 Å². The number of methoxy groups -OCH3 is 1. The van der Waals surface area contributed by atoms with Crippen molar-refractivity contribution in [3.63, 3.8) is 0 Å². The van der Waals surface area contributed by atoms with E-state index < -0.39 is 11.8 Å². The number of benzene rings is 2. The highest BCUT2D eigenvalue weighted by molar-refractivity contribution is 5.91. The summed E-state index contributed by atoms with van der Waals surface area (Å²) in [4.78, 5) is 11.4. The summed E-state index contributed by atoms with van der Waals surface area (Å²) in [5.41, 5.74) is 1.24. The molecule has 0 unspecified atom stereocenters. The van der Waals surface area contributed by atoms with E-state index in [1.54, 1.807) is 0 Å². The molecule has 2 nitrogen and oxygen atoms in total. The average Bonchev–Trinajstić information content (AvgIpc) is 2.38. The topological polar surface area (TPSA) is 26.3 Å². The van der Waals surface area contributed by atoms with Gasteiger partial charge in [-0.25, -0.2) is 13.6 Å². The van der Waals surface area contributed by atoms with Crippen LogP contribution in [0.1, 0.15) is 10.4 Å². The van der Waals surface area contributed by atoms with E-state index in [2.05, 4.69) is 4.74 Å². The fourth-order valence-corrected chi connectivity index (χ4v) is 1.63. The molecule has 0 spiro atoms. The van der Waals surface area contributed by atoms with Crippen LogP contribution in [0.5, 0.6) is 0 Å². The van der Waals surface area contributed by atoms with Crippen molar-refractivity contribution in [2.24, 2.45) is 0 Å². The van der Waals surface area contributed by atoms with Crippen molar-refractivity contribution in [3.8, 4) is 11.1 Å². The van der Waals surface area contributed by atoms with Crippen LogP contribution in [0.25, 0.3) is 11.1 Å². The van der Waals surface area contributed by atoms with E-state index in [-0.39, 0.29) is 11.4 Å². The van der Waals surface area contributed by atoms with Crippen molar-refractivity contribution in [2.75, 3.05) is 7.11 Å². The Hall–Kier alpha value is -2.23. The molecule has 92 valence electrons. The Morgan fingerprint density at radius 3 is 2.22 bits per heavy atom.